The molecule has 1 aliphatic heterocycles. The molecule has 2 aromatic carbocycles. The first kappa shape index (κ1) is 17.3. The molecule has 1 aliphatic rings. The fourth-order valence-corrected chi connectivity index (χ4v) is 3.07. The summed E-state index contributed by atoms with van der Waals surface area (Å²) >= 11 is 0. The Balaban J connectivity index is 1.38. The maximum Gasteiger partial charge on any atom is 0.244 e. The molecule has 0 bridgehead atoms. The number of benzene rings is 2. The highest BCUT2D eigenvalue weighted by Crippen LogP contribution is 2.26. The highest BCUT2D eigenvalue weighted by molar-refractivity contribution is 5.94. The van der Waals surface area contributed by atoms with Gasteiger partial charge in [0.15, 0.2) is 11.6 Å². The van der Waals surface area contributed by atoms with Crippen molar-refractivity contribution in [1.82, 2.24) is 16.0 Å². The Morgan fingerprint density at radius 2 is 1.93 bits per heavy atom. The van der Waals surface area contributed by atoms with Crippen LogP contribution in [-0.4, -0.2) is 24.2 Å². The Hall–Kier alpha value is -3.16. The first-order chi connectivity index (χ1) is 13.2. The second-order valence-electron chi connectivity index (χ2n) is 6.33. The lowest BCUT2D eigenvalue weighted by atomic mass is 10.0. The maximum absolute atomic E-state index is 12.5. The second kappa shape index (κ2) is 7.61. The third-order valence-electron chi connectivity index (χ3n) is 4.56. The van der Waals surface area contributed by atoms with Crippen LogP contribution in [-0.2, 0) is 4.79 Å². The van der Waals surface area contributed by atoms with Crippen LogP contribution in [0.3, 0.4) is 0 Å². The van der Waals surface area contributed by atoms with E-state index >= 15 is 0 Å². The van der Waals surface area contributed by atoms with E-state index in [9.17, 15) is 4.79 Å². The van der Waals surface area contributed by atoms with Gasteiger partial charge < -0.3 is 14.6 Å². The molecule has 1 saturated heterocycles. The van der Waals surface area contributed by atoms with Crippen LogP contribution in [0.15, 0.2) is 65.2 Å². The van der Waals surface area contributed by atoms with E-state index in [0.717, 1.165) is 16.9 Å². The number of hydrogen-bond donors (Lipinski definition) is 3. The van der Waals surface area contributed by atoms with E-state index < -0.39 is 0 Å². The van der Waals surface area contributed by atoms with Gasteiger partial charge in [0, 0.05) is 17.7 Å². The maximum atomic E-state index is 12.5. The van der Waals surface area contributed by atoms with Crippen LogP contribution in [0.4, 0.5) is 5.82 Å². The fourth-order valence-electron chi connectivity index (χ4n) is 3.07. The van der Waals surface area contributed by atoms with E-state index in [0.29, 0.717) is 18.0 Å². The summed E-state index contributed by atoms with van der Waals surface area (Å²) in [5, 5.41) is 6.73. The number of carbonyl (C=O) groups excluding carboxylic acids is 1. The lowest BCUT2D eigenvalue weighted by Gasteiger charge is -2.09. The first-order valence-corrected chi connectivity index (χ1v) is 8.71. The molecule has 3 aromatic rings. The molecule has 138 valence electrons. The van der Waals surface area contributed by atoms with E-state index in [4.69, 9.17) is 9.26 Å². The third kappa shape index (κ3) is 3.84. The van der Waals surface area contributed by atoms with Crippen molar-refractivity contribution in [3.05, 3.63) is 66.2 Å². The van der Waals surface area contributed by atoms with E-state index in [1.165, 1.54) is 0 Å². The predicted molar refractivity (Wildman–Crippen MR) is 101 cm³/mol. The van der Waals surface area contributed by atoms with E-state index in [1.807, 2.05) is 54.6 Å². The third-order valence-corrected chi connectivity index (χ3v) is 4.56. The predicted octanol–water partition coefficient (Wildman–Crippen LogP) is 2.90. The number of hydrogen-bond acceptors (Lipinski definition) is 6. The average molecular weight is 364 g/mol. The molecule has 0 saturated carbocycles. The smallest absolute Gasteiger partial charge is 0.244 e. The summed E-state index contributed by atoms with van der Waals surface area (Å²) in [7, 11) is 1.62. The number of rotatable bonds is 5. The Kier molecular flexibility index (Phi) is 4.86. The number of aromatic nitrogens is 1. The quantitative estimate of drug-likeness (QED) is 0.645. The summed E-state index contributed by atoms with van der Waals surface area (Å²) in [5.74, 6) is 1.57. The first-order valence-electron chi connectivity index (χ1n) is 8.71. The standard InChI is InChI=1S/C20H20N4O3/c1-26-15-9-7-14(8-10-15)18-12-19(24-27-18)21-20(25)17-11-16(22-23-17)13-5-3-2-4-6-13/h2-10,12,16-17,22-23H,11H2,1H3,(H,21,24,25). The topological polar surface area (TPSA) is 88.4 Å². The van der Waals surface area contributed by atoms with Gasteiger partial charge >= 0.3 is 0 Å². The Bertz CT molecular complexity index is 908. The number of nitrogens with one attached hydrogen (secondary N) is 3. The van der Waals surface area contributed by atoms with Crippen molar-refractivity contribution in [2.45, 2.75) is 18.5 Å². The molecule has 3 N–H and O–H groups in total. The van der Waals surface area contributed by atoms with Gasteiger partial charge in [-0.25, -0.2) is 10.9 Å². The van der Waals surface area contributed by atoms with E-state index in [1.54, 1.807) is 13.2 Å². The number of ether oxygens (including phenoxy) is 1. The largest absolute Gasteiger partial charge is 0.497 e. The molecule has 2 heterocycles. The van der Waals surface area contributed by atoms with Gasteiger partial charge in [-0.05, 0) is 36.2 Å². The van der Waals surface area contributed by atoms with Gasteiger partial charge in [0.2, 0.25) is 5.91 Å². The molecule has 0 radical (unpaired) electrons. The highest BCUT2D eigenvalue weighted by Gasteiger charge is 2.30. The molecule has 0 aliphatic carbocycles. The summed E-state index contributed by atoms with van der Waals surface area (Å²) in [5.41, 5.74) is 8.20. The van der Waals surface area contributed by atoms with Gasteiger partial charge in [0.1, 0.15) is 11.8 Å². The van der Waals surface area contributed by atoms with Crippen LogP contribution < -0.4 is 20.9 Å². The van der Waals surface area contributed by atoms with Gasteiger partial charge in [0.25, 0.3) is 0 Å². The Labute approximate surface area is 156 Å². The lowest BCUT2D eigenvalue weighted by Crippen LogP contribution is -2.39. The van der Waals surface area contributed by atoms with Gasteiger partial charge in [0.05, 0.1) is 7.11 Å². The lowest BCUT2D eigenvalue weighted by molar-refractivity contribution is -0.117. The average Bonchev–Trinajstić information content (AvgIpc) is 3.39. The van der Waals surface area contributed by atoms with Crippen LogP contribution in [0.2, 0.25) is 0 Å². The molecular formula is C20H20N4O3. The van der Waals surface area contributed by atoms with Crippen LogP contribution in [0.1, 0.15) is 18.0 Å². The summed E-state index contributed by atoms with van der Waals surface area (Å²) in [6.45, 7) is 0. The normalized spacial score (nSPS) is 19.0. The number of anilines is 1. The van der Waals surface area contributed by atoms with Crippen LogP contribution in [0.25, 0.3) is 11.3 Å². The number of methoxy groups -OCH3 is 1. The fraction of sp³-hybridized carbons (Fsp3) is 0.200. The molecule has 2 atom stereocenters. The van der Waals surface area contributed by atoms with Crippen LogP contribution in [0.5, 0.6) is 5.75 Å². The summed E-state index contributed by atoms with van der Waals surface area (Å²) < 4.78 is 10.5. The van der Waals surface area contributed by atoms with Crippen molar-refractivity contribution < 1.29 is 14.1 Å². The molecular weight excluding hydrogens is 344 g/mol. The van der Waals surface area contributed by atoms with Gasteiger partial charge in [-0.3, -0.25) is 4.79 Å². The minimum atomic E-state index is -0.351. The molecule has 2 unspecified atom stereocenters. The molecule has 1 aromatic heterocycles. The number of carbonyl (C=O) groups is 1. The molecule has 7 nitrogen and oxygen atoms in total. The highest BCUT2D eigenvalue weighted by atomic mass is 16.5. The zero-order valence-corrected chi connectivity index (χ0v) is 14.8. The summed E-state index contributed by atoms with van der Waals surface area (Å²) in [6, 6.07) is 18.9. The zero-order valence-electron chi connectivity index (χ0n) is 14.8. The van der Waals surface area contributed by atoms with Gasteiger partial charge in [-0.15, -0.1) is 0 Å². The number of nitrogens with zero attached hydrogens (tertiary/aromatic N) is 1. The van der Waals surface area contributed by atoms with Crippen molar-refractivity contribution in [2.24, 2.45) is 0 Å². The molecule has 1 amide bonds. The molecule has 4 rings (SSSR count). The monoisotopic (exact) mass is 364 g/mol. The van der Waals surface area contributed by atoms with Crippen molar-refractivity contribution in [1.29, 1.82) is 0 Å². The van der Waals surface area contributed by atoms with Gasteiger partial charge in [-0.2, -0.15) is 0 Å². The minimum absolute atomic E-state index is 0.0918. The molecule has 7 heteroatoms. The Morgan fingerprint density at radius 3 is 2.67 bits per heavy atom. The number of amides is 1. The molecule has 27 heavy (non-hydrogen) atoms. The van der Waals surface area contributed by atoms with E-state index in [-0.39, 0.29) is 18.0 Å². The summed E-state index contributed by atoms with van der Waals surface area (Å²) in [4.78, 5) is 12.5. The van der Waals surface area contributed by atoms with E-state index in [2.05, 4.69) is 21.3 Å². The second-order valence-corrected chi connectivity index (χ2v) is 6.33. The minimum Gasteiger partial charge on any atom is -0.497 e. The summed E-state index contributed by atoms with van der Waals surface area (Å²) in [6.07, 6.45) is 0.652. The van der Waals surface area contributed by atoms with Crippen LogP contribution >= 0.6 is 0 Å². The van der Waals surface area contributed by atoms with Crippen molar-refractivity contribution >= 4 is 11.7 Å². The SMILES string of the molecule is COc1ccc(-c2cc(NC(=O)C3CC(c4ccccc4)NN3)no2)cc1. The number of hydrazine groups is 1. The van der Waals surface area contributed by atoms with Crippen molar-refractivity contribution in [3.63, 3.8) is 0 Å². The van der Waals surface area contributed by atoms with Gasteiger partial charge in [-0.1, -0.05) is 35.5 Å². The molecule has 0 spiro atoms. The molecule has 1 fully saturated rings. The van der Waals surface area contributed by atoms with Crippen LogP contribution in [0, 0.1) is 0 Å². The zero-order chi connectivity index (χ0) is 18.6. The van der Waals surface area contributed by atoms with Crippen molar-refractivity contribution in [2.75, 3.05) is 12.4 Å². The Morgan fingerprint density at radius 1 is 1.15 bits per heavy atom. The van der Waals surface area contributed by atoms with Crippen molar-refractivity contribution in [3.8, 4) is 17.1 Å².